The van der Waals surface area contributed by atoms with E-state index >= 15 is 0 Å². The first-order valence-electron chi connectivity index (χ1n) is 3.03. The van der Waals surface area contributed by atoms with Crippen LogP contribution >= 0.6 is 19.4 Å². The zero-order valence-electron chi connectivity index (χ0n) is 6.74. The lowest BCUT2D eigenvalue weighted by Crippen LogP contribution is -2.18. The average Bonchev–Trinajstić information content (AvgIpc) is 1.55. The normalized spacial score (nSPS) is 17.9. The average molecular weight is 204 g/mol. The minimum atomic E-state index is -3.70. The van der Waals surface area contributed by atoms with Crippen molar-refractivity contribution in [1.29, 1.82) is 0 Å². The van der Waals surface area contributed by atoms with Crippen LogP contribution in [0.5, 0.6) is 0 Å². The molecule has 0 aliphatic rings. The van der Waals surface area contributed by atoms with Gasteiger partial charge < -0.3 is 0 Å². The van der Waals surface area contributed by atoms with Crippen LogP contribution in [0.4, 0.5) is 0 Å². The fourth-order valence-electron chi connectivity index (χ4n) is 0.447. The molecule has 11 heavy (non-hydrogen) atoms. The van der Waals surface area contributed by atoms with E-state index < -0.39 is 13.4 Å². The van der Waals surface area contributed by atoms with Crippen LogP contribution in [0.1, 0.15) is 20.8 Å². The van der Waals surface area contributed by atoms with Gasteiger partial charge in [0.05, 0.1) is 5.60 Å². The van der Waals surface area contributed by atoms with Crippen molar-refractivity contribution in [1.82, 2.24) is 0 Å². The topological polar surface area (TPSA) is 60.1 Å². The number of hydrogen-bond donors (Lipinski definition) is 1. The molecule has 0 spiro atoms. The number of hydrogen-bond acceptors (Lipinski definition) is 2. The fraction of sp³-hybridized carbons (Fsp3) is 1.00. The van der Waals surface area contributed by atoms with E-state index in [-0.39, 0.29) is 6.07 Å². The standard InChI is InChI=1S/C5H12ClO4P/c1-5(2,3)10-11(7,8)9-4-6/h4H2,1-3H3,(H,7,8)/p+1. The maximum absolute atomic E-state index is 8.99. The third kappa shape index (κ3) is 6.78. The van der Waals surface area contributed by atoms with Crippen LogP contribution in [0.2, 0.25) is 0 Å². The van der Waals surface area contributed by atoms with Crippen LogP contribution in [0.15, 0.2) is 0 Å². The van der Waals surface area contributed by atoms with Gasteiger partial charge in [-0.25, -0.2) is 13.6 Å². The van der Waals surface area contributed by atoms with E-state index in [0.717, 1.165) is 0 Å². The molecule has 1 atom stereocenters. The molecular weight excluding hydrogens is 190 g/mol. The Morgan fingerprint density at radius 1 is 1.55 bits per heavy atom. The van der Waals surface area contributed by atoms with Gasteiger partial charge in [-0.3, -0.25) is 4.89 Å². The van der Waals surface area contributed by atoms with Crippen molar-refractivity contribution in [2.75, 3.05) is 6.07 Å². The highest BCUT2D eigenvalue weighted by Gasteiger charge is 2.36. The maximum atomic E-state index is 8.99. The van der Waals surface area contributed by atoms with Crippen molar-refractivity contribution in [3.63, 3.8) is 0 Å². The van der Waals surface area contributed by atoms with Gasteiger partial charge in [-0.15, -0.1) is 0 Å². The lowest BCUT2D eigenvalue weighted by molar-refractivity contribution is 0.0747. The Labute approximate surface area is 71.1 Å². The molecule has 0 aliphatic carbocycles. The summed E-state index contributed by atoms with van der Waals surface area (Å²) >= 11 is 5.12. The summed E-state index contributed by atoms with van der Waals surface area (Å²) in [7, 11) is -3.70. The second-order valence-electron chi connectivity index (χ2n) is 2.93. The molecule has 0 amide bonds. The lowest BCUT2D eigenvalue weighted by Gasteiger charge is -2.17. The number of halogens is 1. The minimum absolute atomic E-state index is 0.295. The van der Waals surface area contributed by atoms with Crippen LogP contribution < -0.4 is 0 Å². The van der Waals surface area contributed by atoms with E-state index in [2.05, 4.69) is 4.52 Å². The summed E-state index contributed by atoms with van der Waals surface area (Å²) < 4.78 is 18.1. The molecule has 68 valence electrons. The Morgan fingerprint density at radius 2 is 2.00 bits per heavy atom. The van der Waals surface area contributed by atoms with Gasteiger partial charge in [0, 0.05) is 0 Å². The quantitative estimate of drug-likeness (QED) is 0.434. The first kappa shape index (κ1) is 11.4. The van der Waals surface area contributed by atoms with E-state index in [1.54, 1.807) is 20.8 Å². The van der Waals surface area contributed by atoms with Crippen LogP contribution in [0, 0.1) is 0 Å². The third-order valence-electron chi connectivity index (χ3n) is 0.610. The number of alkyl halides is 1. The summed E-state index contributed by atoms with van der Waals surface area (Å²) in [5.41, 5.74) is -0.649. The highest BCUT2D eigenvalue weighted by atomic mass is 35.5. The minimum Gasteiger partial charge on any atom is -0.258 e. The van der Waals surface area contributed by atoms with Crippen LogP contribution in [-0.2, 0) is 9.05 Å². The maximum Gasteiger partial charge on any atom is 0.665 e. The van der Waals surface area contributed by atoms with Gasteiger partial charge in [0.25, 0.3) is 0 Å². The van der Waals surface area contributed by atoms with Crippen molar-refractivity contribution < 1.29 is 18.5 Å². The van der Waals surface area contributed by atoms with Crippen LogP contribution in [0.25, 0.3) is 0 Å². The molecular formula is C5H13ClO4P+. The van der Waals surface area contributed by atoms with Gasteiger partial charge >= 0.3 is 7.82 Å². The zero-order chi connectivity index (χ0) is 9.12. The largest absolute Gasteiger partial charge is 0.665 e. The summed E-state index contributed by atoms with van der Waals surface area (Å²) in [6.07, 6.45) is 0. The molecule has 0 fully saturated rings. The Bertz CT molecular complexity index is 164. The van der Waals surface area contributed by atoms with Crippen LogP contribution in [-0.4, -0.2) is 21.1 Å². The number of rotatable bonds is 3. The van der Waals surface area contributed by atoms with Gasteiger partial charge in [0.15, 0.2) is 0 Å². The molecule has 0 rings (SSSR count). The Morgan fingerprint density at radius 3 is 2.27 bits per heavy atom. The summed E-state index contributed by atoms with van der Waals surface area (Å²) in [5.74, 6) is 0. The van der Waals surface area contributed by atoms with Gasteiger partial charge in [-0.05, 0) is 20.8 Å². The molecule has 1 unspecified atom stereocenters. The molecule has 2 N–H and O–H groups in total. The molecule has 0 bridgehead atoms. The Hall–Kier alpha value is 0.400. The summed E-state index contributed by atoms with van der Waals surface area (Å²) in [6, 6.07) is -0.295. The van der Waals surface area contributed by atoms with Crippen molar-refractivity contribution >= 4 is 19.4 Å². The van der Waals surface area contributed by atoms with Gasteiger partial charge in [0.2, 0.25) is 0 Å². The first-order chi connectivity index (χ1) is 4.77. The van der Waals surface area contributed by atoms with E-state index in [1.807, 2.05) is 0 Å². The predicted molar refractivity (Wildman–Crippen MR) is 43.7 cm³/mol. The molecule has 0 heterocycles. The zero-order valence-corrected chi connectivity index (χ0v) is 8.39. The molecule has 0 aromatic heterocycles. The summed E-state index contributed by atoms with van der Waals surface area (Å²) in [6.45, 7) is 5.06. The Balaban J connectivity index is 4.03. The van der Waals surface area contributed by atoms with E-state index in [9.17, 15) is 0 Å². The molecule has 0 saturated carbocycles. The molecule has 0 aliphatic heterocycles. The predicted octanol–water partition coefficient (Wildman–Crippen LogP) is 2.06. The molecule has 0 saturated heterocycles. The van der Waals surface area contributed by atoms with E-state index in [1.165, 1.54) is 0 Å². The highest BCUT2D eigenvalue weighted by molar-refractivity contribution is 7.47. The summed E-state index contributed by atoms with van der Waals surface area (Å²) in [5, 5.41) is 0. The van der Waals surface area contributed by atoms with Gasteiger partial charge in [-0.2, -0.15) is 0 Å². The summed E-state index contributed by atoms with van der Waals surface area (Å²) in [4.78, 5) is 8.99. The molecule has 0 aromatic carbocycles. The second-order valence-corrected chi connectivity index (χ2v) is 4.57. The second kappa shape index (κ2) is 3.87. The smallest absolute Gasteiger partial charge is 0.258 e. The van der Waals surface area contributed by atoms with E-state index in [0.29, 0.717) is 0 Å². The van der Waals surface area contributed by atoms with Gasteiger partial charge in [0.1, 0.15) is 6.07 Å². The third-order valence-corrected chi connectivity index (χ3v) is 2.12. The SMILES string of the molecule is CC(C)(C)OP(O)(=[OH+])OCCl. The highest BCUT2D eigenvalue weighted by Crippen LogP contribution is 2.46. The molecule has 0 radical (unpaired) electrons. The molecule has 6 heteroatoms. The molecule has 0 aromatic rings. The van der Waals surface area contributed by atoms with E-state index in [4.69, 9.17) is 25.6 Å². The molecule has 4 nitrogen and oxygen atoms in total. The van der Waals surface area contributed by atoms with Crippen molar-refractivity contribution in [3.8, 4) is 0 Å². The lowest BCUT2D eigenvalue weighted by atomic mass is 10.2. The van der Waals surface area contributed by atoms with Gasteiger partial charge in [-0.1, -0.05) is 11.6 Å². The van der Waals surface area contributed by atoms with Crippen LogP contribution in [0.3, 0.4) is 0 Å². The van der Waals surface area contributed by atoms with Crippen molar-refractivity contribution in [3.05, 3.63) is 0 Å². The van der Waals surface area contributed by atoms with Crippen molar-refractivity contribution in [2.24, 2.45) is 0 Å². The first-order valence-corrected chi connectivity index (χ1v) is 5.09. The van der Waals surface area contributed by atoms with Crippen molar-refractivity contribution in [2.45, 2.75) is 26.4 Å². The Kier molecular flexibility index (Phi) is 4.02. The fourth-order valence-corrected chi connectivity index (χ4v) is 1.72. The monoisotopic (exact) mass is 203 g/mol.